The number of rotatable bonds is 6. The van der Waals surface area contributed by atoms with Gasteiger partial charge in [0.25, 0.3) is 0 Å². The molecule has 0 spiro atoms. The van der Waals surface area contributed by atoms with E-state index < -0.39 is 4.92 Å². The smallest absolute Gasteiger partial charge is 0.334 e. The summed E-state index contributed by atoms with van der Waals surface area (Å²) < 4.78 is 0. The molecule has 9 heteroatoms. The van der Waals surface area contributed by atoms with Crippen LogP contribution in [0, 0.1) is 24.0 Å². The Bertz CT molecular complexity index is 1070. The molecule has 0 atom stereocenters. The number of benzene rings is 2. The highest BCUT2D eigenvalue weighted by molar-refractivity contribution is 5.89. The van der Waals surface area contributed by atoms with Gasteiger partial charge in [0.05, 0.1) is 4.92 Å². The van der Waals surface area contributed by atoms with E-state index in [9.17, 15) is 14.9 Å². The van der Waals surface area contributed by atoms with Crippen molar-refractivity contribution in [2.24, 2.45) is 0 Å². The van der Waals surface area contributed by atoms with Crippen molar-refractivity contribution < 1.29 is 9.72 Å². The maximum Gasteiger partial charge on any atom is 0.353 e. The summed E-state index contributed by atoms with van der Waals surface area (Å²) >= 11 is 0. The average molecular weight is 392 g/mol. The Labute approximate surface area is 167 Å². The van der Waals surface area contributed by atoms with Crippen molar-refractivity contribution in [1.82, 2.24) is 9.97 Å². The lowest BCUT2D eigenvalue weighted by Crippen LogP contribution is -2.07. The molecule has 1 heterocycles. The van der Waals surface area contributed by atoms with E-state index in [0.29, 0.717) is 11.4 Å². The van der Waals surface area contributed by atoms with Crippen molar-refractivity contribution in [3.8, 4) is 0 Å². The van der Waals surface area contributed by atoms with Gasteiger partial charge >= 0.3 is 5.69 Å². The monoisotopic (exact) mass is 392 g/mol. The lowest BCUT2D eigenvalue weighted by atomic mass is 10.1. The molecule has 3 N–H and O–H groups in total. The highest BCUT2D eigenvalue weighted by Gasteiger charge is 2.23. The minimum absolute atomic E-state index is 0.0598. The van der Waals surface area contributed by atoms with E-state index in [1.807, 2.05) is 32.0 Å². The van der Waals surface area contributed by atoms with Crippen molar-refractivity contribution in [2.45, 2.75) is 20.8 Å². The molecule has 29 heavy (non-hydrogen) atoms. The summed E-state index contributed by atoms with van der Waals surface area (Å²) in [5, 5.41) is 20.4. The van der Waals surface area contributed by atoms with Crippen LogP contribution in [-0.4, -0.2) is 20.8 Å². The summed E-state index contributed by atoms with van der Waals surface area (Å²) in [5.74, 6) is -0.0295. The van der Waals surface area contributed by atoms with E-state index in [1.54, 1.807) is 24.3 Å². The SMILES string of the molecule is CC(=O)Nc1ccc(Nc2ncnc(Nc3ccc(C)cc3C)c2[N+](=O)[O-])cc1. The maximum absolute atomic E-state index is 11.7. The molecular weight excluding hydrogens is 372 g/mol. The second-order valence-electron chi connectivity index (χ2n) is 6.50. The summed E-state index contributed by atoms with van der Waals surface area (Å²) in [7, 11) is 0. The number of carbonyl (C=O) groups excluding carboxylic acids is 1. The van der Waals surface area contributed by atoms with E-state index in [4.69, 9.17) is 0 Å². The third kappa shape index (κ3) is 4.83. The quantitative estimate of drug-likeness (QED) is 0.418. The van der Waals surface area contributed by atoms with Gasteiger partial charge in [0.1, 0.15) is 6.33 Å². The molecule has 1 amide bonds. The van der Waals surface area contributed by atoms with Gasteiger partial charge in [-0.3, -0.25) is 14.9 Å². The van der Waals surface area contributed by atoms with Crippen molar-refractivity contribution in [3.05, 3.63) is 70.0 Å². The summed E-state index contributed by atoms with van der Waals surface area (Å²) in [6, 6.07) is 12.5. The van der Waals surface area contributed by atoms with Gasteiger partial charge in [-0.2, -0.15) is 0 Å². The third-order valence-corrected chi connectivity index (χ3v) is 4.11. The Morgan fingerprint density at radius 3 is 2.17 bits per heavy atom. The fourth-order valence-electron chi connectivity index (χ4n) is 2.79. The Morgan fingerprint density at radius 2 is 1.59 bits per heavy atom. The molecule has 0 saturated heterocycles. The largest absolute Gasteiger partial charge is 0.353 e. The van der Waals surface area contributed by atoms with Gasteiger partial charge in [-0.05, 0) is 49.7 Å². The predicted molar refractivity (Wildman–Crippen MR) is 112 cm³/mol. The topological polar surface area (TPSA) is 122 Å². The first-order chi connectivity index (χ1) is 13.8. The summed E-state index contributed by atoms with van der Waals surface area (Å²) in [4.78, 5) is 30.4. The fourth-order valence-corrected chi connectivity index (χ4v) is 2.79. The van der Waals surface area contributed by atoms with Crippen LogP contribution in [-0.2, 0) is 4.79 Å². The highest BCUT2D eigenvalue weighted by atomic mass is 16.6. The van der Waals surface area contributed by atoms with Crippen LogP contribution in [0.25, 0.3) is 0 Å². The van der Waals surface area contributed by atoms with Gasteiger partial charge in [0.2, 0.25) is 17.5 Å². The van der Waals surface area contributed by atoms with Crippen LogP contribution in [0.3, 0.4) is 0 Å². The van der Waals surface area contributed by atoms with Crippen LogP contribution in [0.15, 0.2) is 48.8 Å². The number of nitro groups is 1. The molecule has 3 aromatic rings. The zero-order valence-electron chi connectivity index (χ0n) is 16.2. The molecule has 0 aliphatic heterocycles. The molecule has 0 saturated carbocycles. The molecule has 3 rings (SSSR count). The summed E-state index contributed by atoms with van der Waals surface area (Å²) in [6.07, 6.45) is 1.26. The number of nitrogens with one attached hydrogen (secondary N) is 3. The van der Waals surface area contributed by atoms with Crippen molar-refractivity contribution in [1.29, 1.82) is 0 Å². The van der Waals surface area contributed by atoms with Crippen LogP contribution >= 0.6 is 0 Å². The van der Waals surface area contributed by atoms with E-state index in [-0.39, 0.29) is 23.2 Å². The van der Waals surface area contributed by atoms with E-state index in [0.717, 1.165) is 16.8 Å². The Balaban J connectivity index is 1.90. The van der Waals surface area contributed by atoms with Crippen LogP contribution in [0.5, 0.6) is 0 Å². The number of nitrogens with zero attached hydrogens (tertiary/aromatic N) is 3. The number of amides is 1. The maximum atomic E-state index is 11.7. The average Bonchev–Trinajstić information content (AvgIpc) is 2.65. The first kappa shape index (κ1) is 19.7. The first-order valence-electron chi connectivity index (χ1n) is 8.82. The molecule has 0 fully saturated rings. The lowest BCUT2D eigenvalue weighted by Gasteiger charge is -2.12. The fraction of sp³-hybridized carbons (Fsp3) is 0.150. The minimum Gasteiger partial charge on any atom is -0.334 e. The van der Waals surface area contributed by atoms with Crippen molar-refractivity contribution in [3.63, 3.8) is 0 Å². The standard InChI is InChI=1S/C20H20N6O3/c1-12-4-9-17(13(2)10-12)25-20-18(26(28)29)19(21-11-22-20)24-16-7-5-15(6-8-16)23-14(3)27/h4-11H,1-3H3,(H,23,27)(H2,21,22,24,25). The van der Waals surface area contributed by atoms with E-state index >= 15 is 0 Å². The van der Waals surface area contributed by atoms with Gasteiger partial charge in [-0.1, -0.05) is 17.7 Å². The molecule has 0 radical (unpaired) electrons. The minimum atomic E-state index is -0.528. The predicted octanol–water partition coefficient (Wildman–Crippen LogP) is 4.45. The van der Waals surface area contributed by atoms with Crippen LogP contribution in [0.1, 0.15) is 18.1 Å². The van der Waals surface area contributed by atoms with Gasteiger partial charge in [0, 0.05) is 24.0 Å². The van der Waals surface area contributed by atoms with Gasteiger partial charge in [0.15, 0.2) is 0 Å². The second kappa shape index (κ2) is 8.34. The molecule has 0 unspecified atom stereocenters. The van der Waals surface area contributed by atoms with Gasteiger partial charge in [-0.25, -0.2) is 9.97 Å². The summed E-state index contributed by atoms with van der Waals surface area (Å²) in [6.45, 7) is 5.31. The number of hydrogen-bond acceptors (Lipinski definition) is 7. The molecule has 0 aliphatic rings. The van der Waals surface area contributed by atoms with Crippen molar-refractivity contribution >= 4 is 40.3 Å². The van der Waals surface area contributed by atoms with Crippen LogP contribution in [0.4, 0.5) is 34.4 Å². The Hall–Kier alpha value is -4.01. The number of hydrogen-bond donors (Lipinski definition) is 3. The molecule has 9 nitrogen and oxygen atoms in total. The molecule has 2 aromatic carbocycles. The van der Waals surface area contributed by atoms with Crippen LogP contribution in [0.2, 0.25) is 0 Å². The zero-order chi connectivity index (χ0) is 21.0. The second-order valence-corrected chi connectivity index (χ2v) is 6.50. The van der Waals surface area contributed by atoms with E-state index in [1.165, 1.54) is 13.3 Å². The normalized spacial score (nSPS) is 10.3. The van der Waals surface area contributed by atoms with Crippen molar-refractivity contribution in [2.75, 3.05) is 16.0 Å². The lowest BCUT2D eigenvalue weighted by molar-refractivity contribution is -0.383. The van der Waals surface area contributed by atoms with Gasteiger partial charge in [-0.15, -0.1) is 0 Å². The Kier molecular flexibility index (Phi) is 5.68. The third-order valence-electron chi connectivity index (χ3n) is 4.11. The molecular formula is C20H20N6O3. The number of anilines is 5. The first-order valence-corrected chi connectivity index (χ1v) is 8.82. The number of aromatic nitrogens is 2. The highest BCUT2D eigenvalue weighted by Crippen LogP contribution is 2.33. The molecule has 0 aliphatic carbocycles. The van der Waals surface area contributed by atoms with E-state index in [2.05, 4.69) is 25.9 Å². The molecule has 148 valence electrons. The molecule has 0 bridgehead atoms. The van der Waals surface area contributed by atoms with Crippen LogP contribution < -0.4 is 16.0 Å². The number of aryl methyl sites for hydroxylation is 2. The number of carbonyl (C=O) groups is 1. The summed E-state index contributed by atoms with van der Waals surface area (Å²) in [5.41, 5.74) is 3.70. The molecule has 1 aromatic heterocycles. The van der Waals surface area contributed by atoms with Gasteiger partial charge < -0.3 is 16.0 Å². The Morgan fingerprint density at radius 1 is 0.966 bits per heavy atom. The zero-order valence-corrected chi connectivity index (χ0v) is 16.2.